The van der Waals surface area contributed by atoms with E-state index in [0.717, 1.165) is 34.4 Å². The summed E-state index contributed by atoms with van der Waals surface area (Å²) in [7, 11) is 0. The van der Waals surface area contributed by atoms with Crippen LogP contribution in [0.4, 0.5) is 23.0 Å². The number of hydrogen-bond donors (Lipinski definition) is 0. The van der Waals surface area contributed by atoms with Gasteiger partial charge in [0.1, 0.15) is 12.5 Å². The van der Waals surface area contributed by atoms with Gasteiger partial charge in [-0.2, -0.15) is 0 Å². The summed E-state index contributed by atoms with van der Waals surface area (Å²) in [5.74, 6) is 1.75. The Bertz CT molecular complexity index is 1580. The van der Waals surface area contributed by atoms with Crippen molar-refractivity contribution >= 4 is 23.0 Å². The molecule has 4 aromatic rings. The van der Waals surface area contributed by atoms with Crippen molar-refractivity contribution in [3.05, 3.63) is 109 Å². The van der Waals surface area contributed by atoms with E-state index in [-0.39, 0.29) is 27.8 Å². The molecular formula is C34H38N6. The maximum atomic E-state index is 5.47. The molecule has 0 spiro atoms. The lowest BCUT2D eigenvalue weighted by Crippen LogP contribution is -2.60. The van der Waals surface area contributed by atoms with Crippen LogP contribution in [0.3, 0.4) is 0 Å². The average Bonchev–Trinajstić information content (AvgIpc) is 3.32. The highest BCUT2D eigenvalue weighted by Gasteiger charge is 2.59. The van der Waals surface area contributed by atoms with Gasteiger partial charge in [0, 0.05) is 39.2 Å². The Morgan fingerprint density at radius 2 is 1.48 bits per heavy atom. The molecule has 204 valence electrons. The fourth-order valence-electron chi connectivity index (χ4n) is 6.51. The summed E-state index contributed by atoms with van der Waals surface area (Å²) in [4.78, 5) is 24.2. The lowest BCUT2D eigenvalue weighted by molar-refractivity contribution is 0.170. The fourth-order valence-corrected chi connectivity index (χ4v) is 6.51. The molecule has 2 unspecified atom stereocenters. The number of rotatable bonds is 5. The van der Waals surface area contributed by atoms with Crippen LogP contribution in [0.15, 0.2) is 92.0 Å². The van der Waals surface area contributed by atoms with Gasteiger partial charge in [-0.3, -0.25) is 0 Å². The minimum Gasteiger partial charge on any atom is -0.301 e. The first kappa shape index (κ1) is 26.2. The molecule has 0 radical (unpaired) electrons. The van der Waals surface area contributed by atoms with Crippen LogP contribution in [-0.2, 0) is 16.2 Å². The summed E-state index contributed by atoms with van der Waals surface area (Å²) in [5, 5.41) is 0. The van der Waals surface area contributed by atoms with Gasteiger partial charge in [-0.25, -0.2) is 19.9 Å². The number of benzene rings is 2. The maximum absolute atomic E-state index is 5.47. The molecule has 0 amide bonds. The lowest BCUT2D eigenvalue weighted by atomic mass is 9.58. The van der Waals surface area contributed by atoms with Gasteiger partial charge < -0.3 is 9.80 Å². The summed E-state index contributed by atoms with van der Waals surface area (Å²) in [6.45, 7) is 20.2. The SMILES string of the molecule is C=CC1(C)c2ccccc2N2c3nc(C(C)(C)C(C)(C)c4ccncn4)cnc3N(c3ccccc3)C2C1(C)C. The van der Waals surface area contributed by atoms with Gasteiger partial charge in [0.2, 0.25) is 0 Å². The highest BCUT2D eigenvalue weighted by Crippen LogP contribution is 2.62. The molecule has 2 aromatic heterocycles. The molecule has 2 aliphatic heterocycles. The van der Waals surface area contributed by atoms with Gasteiger partial charge in [-0.1, -0.05) is 90.9 Å². The molecule has 2 aromatic carbocycles. The van der Waals surface area contributed by atoms with Gasteiger partial charge in [-0.15, -0.1) is 6.58 Å². The summed E-state index contributed by atoms with van der Waals surface area (Å²) < 4.78 is 0. The third kappa shape index (κ3) is 3.34. The molecular weight excluding hydrogens is 492 g/mol. The Hall–Kier alpha value is -4.06. The quantitative estimate of drug-likeness (QED) is 0.247. The van der Waals surface area contributed by atoms with E-state index in [1.54, 1.807) is 12.5 Å². The molecule has 0 fully saturated rings. The van der Waals surface area contributed by atoms with Gasteiger partial charge in [0.25, 0.3) is 0 Å². The predicted molar refractivity (Wildman–Crippen MR) is 162 cm³/mol. The maximum Gasteiger partial charge on any atom is 0.178 e. The highest BCUT2D eigenvalue weighted by molar-refractivity contribution is 5.87. The van der Waals surface area contributed by atoms with Crippen LogP contribution in [-0.4, -0.2) is 26.1 Å². The van der Waals surface area contributed by atoms with E-state index in [0.29, 0.717) is 0 Å². The second kappa shape index (κ2) is 8.72. The zero-order chi connectivity index (χ0) is 28.5. The van der Waals surface area contributed by atoms with Gasteiger partial charge in [0.15, 0.2) is 11.6 Å². The third-order valence-corrected chi connectivity index (χ3v) is 10.3. The second-order valence-electron chi connectivity index (χ2n) is 12.8. The topological polar surface area (TPSA) is 58.0 Å². The summed E-state index contributed by atoms with van der Waals surface area (Å²) in [6, 6.07) is 21.2. The van der Waals surface area contributed by atoms with Crippen molar-refractivity contribution in [3.63, 3.8) is 0 Å². The van der Waals surface area contributed by atoms with E-state index >= 15 is 0 Å². The smallest absolute Gasteiger partial charge is 0.178 e. The molecule has 6 nitrogen and oxygen atoms in total. The number of allylic oxidation sites excluding steroid dienone is 1. The second-order valence-corrected chi connectivity index (χ2v) is 12.8. The Kier molecular flexibility index (Phi) is 5.71. The van der Waals surface area contributed by atoms with Gasteiger partial charge in [0.05, 0.1) is 17.6 Å². The van der Waals surface area contributed by atoms with Crippen LogP contribution < -0.4 is 9.80 Å². The Morgan fingerprint density at radius 1 is 0.800 bits per heavy atom. The van der Waals surface area contributed by atoms with Crippen molar-refractivity contribution in [1.29, 1.82) is 0 Å². The first-order valence-electron chi connectivity index (χ1n) is 14.0. The molecule has 40 heavy (non-hydrogen) atoms. The zero-order valence-corrected chi connectivity index (χ0v) is 24.6. The Morgan fingerprint density at radius 3 is 2.15 bits per heavy atom. The van der Waals surface area contributed by atoms with E-state index in [1.807, 2.05) is 12.3 Å². The zero-order valence-electron chi connectivity index (χ0n) is 24.6. The van der Waals surface area contributed by atoms with Crippen molar-refractivity contribution in [1.82, 2.24) is 19.9 Å². The molecule has 2 atom stereocenters. The Labute approximate surface area is 237 Å². The average molecular weight is 531 g/mol. The minimum atomic E-state index is -0.375. The van der Waals surface area contributed by atoms with Crippen molar-refractivity contribution in [2.45, 2.75) is 70.9 Å². The van der Waals surface area contributed by atoms with Crippen LogP contribution in [0.5, 0.6) is 0 Å². The normalized spacial score (nSPS) is 21.4. The Balaban J connectivity index is 1.61. The minimum absolute atomic E-state index is 0.0592. The molecule has 6 rings (SSSR count). The van der Waals surface area contributed by atoms with Crippen LogP contribution >= 0.6 is 0 Å². The molecule has 0 bridgehead atoms. The standard InChI is InChI=1S/C34H38N6/c1-9-34(8)24-17-13-14-18-25(24)40-29-28(39(30(40)33(34,6)7)23-15-11-10-12-16-23)36-21-27(38-29)32(4,5)31(2,3)26-19-20-35-22-37-26/h9-22,30H,1H2,2-8H3. The number of aromatic nitrogens is 4. The van der Waals surface area contributed by atoms with Crippen LogP contribution in [0.2, 0.25) is 0 Å². The molecule has 6 heteroatoms. The number of anilines is 4. The van der Waals surface area contributed by atoms with E-state index < -0.39 is 0 Å². The van der Waals surface area contributed by atoms with E-state index in [2.05, 4.69) is 135 Å². The number of nitrogens with zero attached hydrogens (tertiary/aromatic N) is 6. The number of hydrogen-bond acceptors (Lipinski definition) is 6. The predicted octanol–water partition coefficient (Wildman–Crippen LogP) is 7.62. The molecule has 2 aliphatic rings. The number of fused-ring (bicyclic) bond motifs is 5. The summed E-state index contributed by atoms with van der Waals surface area (Å²) in [5.41, 5.74) is 4.16. The first-order valence-corrected chi connectivity index (χ1v) is 14.0. The highest BCUT2D eigenvalue weighted by atomic mass is 15.5. The molecule has 4 heterocycles. The van der Waals surface area contributed by atoms with Crippen molar-refractivity contribution in [2.75, 3.05) is 9.80 Å². The van der Waals surface area contributed by atoms with E-state index in [1.165, 1.54) is 5.56 Å². The van der Waals surface area contributed by atoms with Crippen molar-refractivity contribution in [3.8, 4) is 0 Å². The van der Waals surface area contributed by atoms with E-state index in [9.17, 15) is 0 Å². The monoisotopic (exact) mass is 530 g/mol. The van der Waals surface area contributed by atoms with Gasteiger partial charge in [-0.05, 0) is 29.8 Å². The van der Waals surface area contributed by atoms with Gasteiger partial charge >= 0.3 is 0 Å². The third-order valence-electron chi connectivity index (χ3n) is 10.3. The molecule has 0 N–H and O–H groups in total. The van der Waals surface area contributed by atoms with Crippen LogP contribution in [0.1, 0.15) is 65.4 Å². The van der Waals surface area contributed by atoms with Crippen LogP contribution in [0, 0.1) is 5.41 Å². The fraction of sp³-hybridized carbons (Fsp3) is 0.353. The molecule has 0 saturated carbocycles. The van der Waals surface area contributed by atoms with Crippen molar-refractivity contribution < 1.29 is 0 Å². The molecule has 0 aliphatic carbocycles. The lowest BCUT2D eigenvalue weighted by Gasteiger charge is -2.56. The molecule has 0 saturated heterocycles. The summed E-state index contributed by atoms with van der Waals surface area (Å²) in [6.07, 6.45) is 7.44. The van der Waals surface area contributed by atoms with Crippen molar-refractivity contribution in [2.24, 2.45) is 5.41 Å². The van der Waals surface area contributed by atoms with E-state index in [4.69, 9.17) is 9.97 Å². The van der Waals surface area contributed by atoms with Crippen LogP contribution in [0.25, 0.3) is 0 Å². The first-order chi connectivity index (χ1) is 19.0. The largest absolute Gasteiger partial charge is 0.301 e. The summed E-state index contributed by atoms with van der Waals surface area (Å²) >= 11 is 0. The number of para-hydroxylation sites is 2.